The van der Waals surface area contributed by atoms with Crippen molar-refractivity contribution in [2.45, 2.75) is 0 Å². The van der Waals surface area contributed by atoms with Gasteiger partial charge in [-0.15, -0.1) is 0 Å². The van der Waals surface area contributed by atoms with Crippen LogP contribution in [0, 0.1) is 23.3 Å². The van der Waals surface area contributed by atoms with Crippen molar-refractivity contribution in [3.05, 3.63) is 120 Å². The lowest BCUT2D eigenvalue weighted by Gasteiger charge is -2.44. The van der Waals surface area contributed by atoms with E-state index < -0.39 is 29.4 Å². The van der Waals surface area contributed by atoms with E-state index in [-0.39, 0.29) is 23.3 Å². The van der Waals surface area contributed by atoms with Gasteiger partial charge in [-0.05, 0) is 24.3 Å². The van der Waals surface area contributed by atoms with Crippen LogP contribution in [0.1, 0.15) is 1.43 Å². The molecule has 4 rings (SSSR count). The Morgan fingerprint density at radius 2 is 0.586 bits per heavy atom. The van der Waals surface area contributed by atoms with Crippen LogP contribution in [0.3, 0.4) is 0 Å². The Kier molecular flexibility index (Phi) is 4.97. The summed E-state index contributed by atoms with van der Waals surface area (Å²) in [5, 5.41) is 0. The van der Waals surface area contributed by atoms with Gasteiger partial charge in [0, 0.05) is 0 Å². The Morgan fingerprint density at radius 3 is 0.793 bits per heavy atom. The van der Waals surface area contributed by atoms with Crippen LogP contribution in [0.15, 0.2) is 97.1 Å². The molecule has 0 heterocycles. The Labute approximate surface area is 167 Å². The zero-order valence-electron chi connectivity index (χ0n) is 16.3. The highest BCUT2D eigenvalue weighted by molar-refractivity contribution is 7.20. The maximum Gasteiger partial charge on any atom is 1.00 e. The first kappa shape index (κ1) is 19.0. The molecule has 0 N–H and O–H groups in total. The molecule has 0 aliphatic rings. The summed E-state index contributed by atoms with van der Waals surface area (Å²) in [6.07, 6.45) is -2.82. The first-order chi connectivity index (χ1) is 14.1. The largest absolute Gasteiger partial charge is 1.00 e. The molecule has 0 saturated carbocycles. The van der Waals surface area contributed by atoms with E-state index in [1.165, 1.54) is 72.8 Å². The molecule has 4 aromatic rings. The highest BCUT2D eigenvalue weighted by Crippen LogP contribution is 2.16. The SMILES string of the molecule is Fc1ccccc1[B-](c1ccccc1F)(c1ccccc1F)c1ccccc1F.[H+]. The van der Waals surface area contributed by atoms with Crippen LogP contribution in [0.25, 0.3) is 0 Å². The molecular weight excluding hydrogens is 375 g/mol. The summed E-state index contributed by atoms with van der Waals surface area (Å²) in [6.45, 7) is 0. The number of halogens is 4. The predicted molar refractivity (Wildman–Crippen MR) is 111 cm³/mol. The lowest BCUT2D eigenvalue weighted by Crippen LogP contribution is -2.77. The van der Waals surface area contributed by atoms with Gasteiger partial charge in [0.25, 0.3) is 0 Å². The molecule has 4 aromatic carbocycles. The molecule has 0 aliphatic carbocycles. The van der Waals surface area contributed by atoms with Crippen LogP contribution in [-0.2, 0) is 0 Å². The molecular formula is C24H17BF4. The summed E-state index contributed by atoms with van der Waals surface area (Å²) in [4.78, 5) is 0. The van der Waals surface area contributed by atoms with Gasteiger partial charge in [-0.1, -0.05) is 72.8 Å². The summed E-state index contributed by atoms with van der Waals surface area (Å²) < 4.78 is 60.7. The lowest BCUT2D eigenvalue weighted by molar-refractivity contribution is 0.627. The second-order valence-corrected chi connectivity index (χ2v) is 6.95. The molecule has 0 aromatic heterocycles. The van der Waals surface area contributed by atoms with Gasteiger partial charge in [-0.3, -0.25) is 0 Å². The monoisotopic (exact) mass is 392 g/mol. The first-order valence-corrected chi connectivity index (χ1v) is 9.22. The second-order valence-electron chi connectivity index (χ2n) is 6.95. The van der Waals surface area contributed by atoms with Crippen LogP contribution in [0.5, 0.6) is 0 Å². The van der Waals surface area contributed by atoms with E-state index in [4.69, 9.17) is 0 Å². The minimum atomic E-state index is -2.82. The summed E-state index contributed by atoms with van der Waals surface area (Å²) in [7, 11) is 0. The fourth-order valence-electron chi connectivity index (χ4n) is 4.31. The summed E-state index contributed by atoms with van der Waals surface area (Å²) in [6, 6.07) is 23.0. The molecule has 0 fully saturated rings. The van der Waals surface area contributed by atoms with Crippen molar-refractivity contribution in [3.63, 3.8) is 0 Å². The van der Waals surface area contributed by atoms with Gasteiger partial charge >= 0.3 is 1.43 Å². The number of benzene rings is 4. The minimum absolute atomic E-state index is 0. The van der Waals surface area contributed by atoms with Crippen LogP contribution < -0.4 is 21.9 Å². The van der Waals surface area contributed by atoms with Gasteiger partial charge < -0.3 is 0 Å². The van der Waals surface area contributed by atoms with Crippen LogP contribution in [-0.4, -0.2) is 6.15 Å². The van der Waals surface area contributed by atoms with Crippen LogP contribution in [0.4, 0.5) is 17.6 Å². The fourth-order valence-corrected chi connectivity index (χ4v) is 4.31. The number of rotatable bonds is 4. The zero-order valence-corrected chi connectivity index (χ0v) is 15.3. The molecule has 0 amide bonds. The average molecular weight is 392 g/mol. The van der Waals surface area contributed by atoms with E-state index in [0.717, 1.165) is 0 Å². The molecule has 0 radical (unpaired) electrons. The molecule has 0 unspecified atom stereocenters. The highest BCUT2D eigenvalue weighted by Gasteiger charge is 2.38. The van der Waals surface area contributed by atoms with Gasteiger partial charge in [0.15, 0.2) is 0 Å². The minimum Gasteiger partial charge on any atom is -0.210 e. The molecule has 29 heavy (non-hydrogen) atoms. The van der Waals surface area contributed by atoms with Crippen LogP contribution in [0.2, 0.25) is 0 Å². The Hall–Kier alpha value is -3.34. The third kappa shape index (κ3) is 3.03. The average Bonchev–Trinajstić information content (AvgIpc) is 2.73. The van der Waals surface area contributed by atoms with Crippen molar-refractivity contribution in [2.24, 2.45) is 0 Å². The molecule has 5 heteroatoms. The summed E-state index contributed by atoms with van der Waals surface area (Å²) in [5.74, 6) is -2.66. The smallest absolute Gasteiger partial charge is 0.210 e. The van der Waals surface area contributed by atoms with Gasteiger partial charge in [0.1, 0.15) is 6.15 Å². The van der Waals surface area contributed by atoms with Gasteiger partial charge in [0.2, 0.25) is 0 Å². The maximum absolute atomic E-state index is 15.2. The molecule has 0 atom stereocenters. The van der Waals surface area contributed by atoms with Gasteiger partial charge in [-0.2, -0.15) is 21.9 Å². The van der Waals surface area contributed by atoms with E-state index in [1.807, 2.05) is 0 Å². The van der Waals surface area contributed by atoms with Gasteiger partial charge in [0.05, 0.1) is 23.3 Å². The predicted octanol–water partition coefficient (Wildman–Crippen LogP) is 3.73. The number of hydrogen-bond acceptors (Lipinski definition) is 0. The topological polar surface area (TPSA) is 0 Å². The van der Waals surface area contributed by atoms with Crippen molar-refractivity contribution in [1.29, 1.82) is 0 Å². The Bertz CT molecular complexity index is 991. The summed E-state index contributed by atoms with van der Waals surface area (Å²) in [5.41, 5.74) is 0.0844. The van der Waals surface area contributed by atoms with Crippen molar-refractivity contribution in [3.8, 4) is 0 Å². The lowest BCUT2D eigenvalue weighted by atomic mass is 9.12. The highest BCUT2D eigenvalue weighted by atomic mass is 19.1. The normalized spacial score (nSPS) is 11.4. The summed E-state index contributed by atoms with van der Waals surface area (Å²) >= 11 is 0. The zero-order chi connectivity index (χ0) is 20.4. The number of hydrogen-bond donors (Lipinski definition) is 0. The van der Waals surface area contributed by atoms with Crippen molar-refractivity contribution in [2.75, 3.05) is 0 Å². The first-order valence-electron chi connectivity index (χ1n) is 9.22. The quantitative estimate of drug-likeness (QED) is 0.367. The molecule has 0 aliphatic heterocycles. The Balaban J connectivity index is 0.00000256. The van der Waals surface area contributed by atoms with Crippen molar-refractivity contribution in [1.82, 2.24) is 0 Å². The molecule has 0 saturated heterocycles. The maximum atomic E-state index is 15.2. The van der Waals surface area contributed by atoms with Crippen LogP contribution >= 0.6 is 0 Å². The van der Waals surface area contributed by atoms with E-state index in [9.17, 15) is 0 Å². The standard InChI is InChI=1S/C24H16BF4/c26-21-13-5-1-9-17(21)25(18-10-2-6-14-22(18)27,19-11-3-7-15-23(19)28)20-12-4-8-16-24(20)29/h1-16H/q-1/p+1. The molecule has 0 spiro atoms. The second kappa shape index (κ2) is 7.59. The van der Waals surface area contributed by atoms with Crippen molar-refractivity contribution >= 4 is 28.0 Å². The fraction of sp³-hybridized carbons (Fsp3) is 0. The Morgan fingerprint density at radius 1 is 0.379 bits per heavy atom. The third-order valence-electron chi connectivity index (χ3n) is 5.49. The third-order valence-corrected chi connectivity index (χ3v) is 5.49. The molecule has 0 nitrogen and oxygen atoms in total. The molecule has 0 bridgehead atoms. The van der Waals surface area contributed by atoms with Crippen molar-refractivity contribution < 1.29 is 19.0 Å². The van der Waals surface area contributed by atoms with Gasteiger partial charge in [-0.25, -0.2) is 17.6 Å². The molecule has 144 valence electrons. The van der Waals surface area contributed by atoms with E-state index in [2.05, 4.69) is 0 Å². The van der Waals surface area contributed by atoms with E-state index in [0.29, 0.717) is 0 Å². The van der Waals surface area contributed by atoms with E-state index >= 15 is 17.6 Å². The van der Waals surface area contributed by atoms with E-state index in [1.54, 1.807) is 24.3 Å².